The number of pyridine rings is 1. The number of aliphatic hydroxyl groups excluding tert-OH is 1. The van der Waals surface area contributed by atoms with Crippen molar-refractivity contribution in [2.24, 2.45) is 7.05 Å². The summed E-state index contributed by atoms with van der Waals surface area (Å²) in [6, 6.07) is 21.7. The lowest BCUT2D eigenvalue weighted by Gasteiger charge is -2.14. The summed E-state index contributed by atoms with van der Waals surface area (Å²) < 4.78 is 20.5. The number of methoxy groups -OCH3 is 1. The van der Waals surface area contributed by atoms with Gasteiger partial charge in [0, 0.05) is 36.8 Å². The molecule has 41 heavy (non-hydrogen) atoms. The van der Waals surface area contributed by atoms with E-state index in [-0.39, 0.29) is 29.9 Å². The first-order valence-corrected chi connectivity index (χ1v) is 13.2. The predicted molar refractivity (Wildman–Crippen MR) is 156 cm³/mol. The van der Waals surface area contributed by atoms with Gasteiger partial charge in [0.2, 0.25) is 0 Å². The van der Waals surface area contributed by atoms with Crippen LogP contribution >= 0.6 is 0 Å². The Balaban J connectivity index is 1.35. The van der Waals surface area contributed by atoms with Crippen LogP contribution in [0.15, 0.2) is 83.8 Å². The van der Waals surface area contributed by atoms with E-state index in [0.29, 0.717) is 39.9 Å². The van der Waals surface area contributed by atoms with Crippen molar-refractivity contribution in [3.05, 3.63) is 106 Å². The summed E-state index contributed by atoms with van der Waals surface area (Å²) in [6.45, 7) is 3.55. The van der Waals surface area contributed by atoms with Crippen LogP contribution in [0.1, 0.15) is 28.5 Å². The molecule has 9 nitrogen and oxygen atoms in total. The first-order valence-electron chi connectivity index (χ1n) is 13.2. The first kappa shape index (κ1) is 27.7. The van der Waals surface area contributed by atoms with Crippen LogP contribution in [0.2, 0.25) is 0 Å². The highest BCUT2D eigenvalue weighted by Crippen LogP contribution is 2.37. The lowest BCUT2D eigenvalue weighted by Crippen LogP contribution is -2.23. The van der Waals surface area contributed by atoms with Crippen molar-refractivity contribution < 1.29 is 24.1 Å². The molecule has 5 aromatic rings. The maximum atomic E-state index is 13.2. The fourth-order valence-electron chi connectivity index (χ4n) is 4.67. The molecule has 0 aliphatic rings. The molecule has 0 fully saturated rings. The number of hydrogen-bond donors (Lipinski definition) is 1. The molecule has 1 N–H and O–H groups in total. The Kier molecular flexibility index (Phi) is 7.89. The Bertz CT molecular complexity index is 1760. The van der Waals surface area contributed by atoms with Gasteiger partial charge in [0.15, 0.2) is 17.3 Å². The van der Waals surface area contributed by atoms with Crippen molar-refractivity contribution in [2.45, 2.75) is 26.4 Å². The van der Waals surface area contributed by atoms with Crippen molar-refractivity contribution in [3.8, 4) is 28.7 Å². The number of carbonyl (C=O) groups excluding carboxylic acids is 1. The predicted octanol–water partition coefficient (Wildman–Crippen LogP) is 5.02. The van der Waals surface area contributed by atoms with Gasteiger partial charge in [-0.3, -0.25) is 19.3 Å². The summed E-state index contributed by atoms with van der Waals surface area (Å²) in [5.41, 5.74) is 2.57. The van der Waals surface area contributed by atoms with Gasteiger partial charge in [0.05, 0.1) is 24.4 Å². The van der Waals surface area contributed by atoms with E-state index in [9.17, 15) is 14.7 Å². The Morgan fingerprint density at radius 3 is 2.41 bits per heavy atom. The lowest BCUT2D eigenvalue weighted by atomic mass is 10.0. The number of benzene rings is 3. The molecule has 0 saturated carbocycles. The number of carbonyl (C=O) groups is 1. The van der Waals surface area contributed by atoms with E-state index in [1.165, 1.54) is 4.68 Å². The van der Waals surface area contributed by atoms with Crippen LogP contribution in [0, 0.1) is 6.92 Å². The quantitative estimate of drug-likeness (QED) is 0.242. The number of aromatic nitrogens is 3. The maximum absolute atomic E-state index is 13.2. The van der Waals surface area contributed by atoms with Crippen molar-refractivity contribution in [1.82, 2.24) is 14.3 Å². The summed E-state index contributed by atoms with van der Waals surface area (Å²) in [5, 5.41) is 10.3. The third kappa shape index (κ3) is 5.71. The summed E-state index contributed by atoms with van der Waals surface area (Å²) >= 11 is 0. The van der Waals surface area contributed by atoms with Gasteiger partial charge < -0.3 is 19.3 Å². The molecule has 2 aromatic heterocycles. The highest BCUT2D eigenvalue weighted by atomic mass is 16.5. The number of ether oxygens (including phenoxy) is 3. The van der Waals surface area contributed by atoms with Gasteiger partial charge in [0.1, 0.15) is 23.7 Å². The van der Waals surface area contributed by atoms with E-state index in [2.05, 4.69) is 4.98 Å². The van der Waals surface area contributed by atoms with E-state index in [0.717, 1.165) is 10.9 Å². The Morgan fingerprint density at radius 2 is 1.73 bits per heavy atom. The minimum Gasteiger partial charge on any atom is -0.493 e. The average molecular weight is 554 g/mol. The summed E-state index contributed by atoms with van der Waals surface area (Å²) in [5.74, 6) is 1.87. The number of fused-ring (bicyclic) bond motifs is 1. The van der Waals surface area contributed by atoms with E-state index in [4.69, 9.17) is 14.2 Å². The zero-order chi connectivity index (χ0) is 29.1. The smallest absolute Gasteiger partial charge is 0.282 e. The Morgan fingerprint density at radius 1 is 1.00 bits per heavy atom. The molecular formula is C32H31N3O6. The molecule has 5 rings (SSSR count). The Labute approximate surface area is 237 Å². The fraction of sp³-hybridized carbons (Fsp3) is 0.219. The van der Waals surface area contributed by atoms with Crippen molar-refractivity contribution >= 4 is 16.7 Å². The molecule has 9 heteroatoms. The van der Waals surface area contributed by atoms with E-state index in [1.54, 1.807) is 69.2 Å². The minimum absolute atomic E-state index is 0.0831. The third-order valence-electron chi connectivity index (χ3n) is 6.82. The van der Waals surface area contributed by atoms with Crippen LogP contribution < -0.4 is 19.8 Å². The van der Waals surface area contributed by atoms with Crippen LogP contribution in [0.3, 0.4) is 0 Å². The molecule has 0 aliphatic carbocycles. The molecule has 2 heterocycles. The molecular weight excluding hydrogens is 522 g/mol. The monoisotopic (exact) mass is 553 g/mol. The molecule has 1 atom stereocenters. The van der Waals surface area contributed by atoms with E-state index < -0.39 is 6.10 Å². The standard InChI is InChI=1S/C32H31N3O6/c1-20(36)19-40-30-18-26-25(17-29(30)39-4)28(14-15-33-26)41-24-12-10-22(11-13-24)16-27(37)31-21(2)34(3)35(32(31)38)23-8-6-5-7-9-23/h5-15,17-18,20,36H,16,19H2,1-4H3/t20-/m1/s1. The normalized spacial score (nSPS) is 11.8. The molecule has 0 saturated heterocycles. The number of ketones is 1. The second kappa shape index (κ2) is 11.7. The van der Waals surface area contributed by atoms with Gasteiger partial charge in [0.25, 0.3) is 5.56 Å². The van der Waals surface area contributed by atoms with Gasteiger partial charge in [-0.1, -0.05) is 30.3 Å². The van der Waals surface area contributed by atoms with Gasteiger partial charge in [-0.15, -0.1) is 0 Å². The number of aliphatic hydroxyl groups is 1. The van der Waals surface area contributed by atoms with E-state index in [1.807, 2.05) is 42.5 Å². The summed E-state index contributed by atoms with van der Waals surface area (Å²) in [6.07, 6.45) is 1.10. The van der Waals surface area contributed by atoms with Gasteiger partial charge >= 0.3 is 0 Å². The van der Waals surface area contributed by atoms with Crippen LogP contribution in [0.25, 0.3) is 16.6 Å². The van der Waals surface area contributed by atoms with E-state index >= 15 is 0 Å². The second-order valence-corrected chi connectivity index (χ2v) is 9.77. The topological polar surface area (TPSA) is 105 Å². The zero-order valence-corrected chi connectivity index (χ0v) is 23.3. The fourth-order valence-corrected chi connectivity index (χ4v) is 4.67. The molecule has 0 spiro atoms. The minimum atomic E-state index is -0.624. The molecule has 0 radical (unpaired) electrons. The first-order chi connectivity index (χ1) is 19.8. The van der Waals surface area contributed by atoms with Crippen LogP contribution in [-0.4, -0.2) is 45.1 Å². The Hall–Kier alpha value is -4.89. The van der Waals surface area contributed by atoms with Crippen LogP contribution in [-0.2, 0) is 13.5 Å². The van der Waals surface area contributed by atoms with Crippen molar-refractivity contribution in [3.63, 3.8) is 0 Å². The third-order valence-corrected chi connectivity index (χ3v) is 6.82. The summed E-state index contributed by atoms with van der Waals surface area (Å²) in [7, 11) is 3.32. The number of Topliss-reactive ketones (excluding diaryl/α,β-unsaturated/α-hetero) is 1. The highest BCUT2D eigenvalue weighted by molar-refractivity contribution is 5.98. The van der Waals surface area contributed by atoms with Gasteiger partial charge in [-0.2, -0.15) is 0 Å². The maximum Gasteiger partial charge on any atom is 0.282 e. The number of hydrogen-bond acceptors (Lipinski definition) is 7. The van der Waals surface area contributed by atoms with Crippen LogP contribution in [0.4, 0.5) is 0 Å². The largest absolute Gasteiger partial charge is 0.493 e. The second-order valence-electron chi connectivity index (χ2n) is 9.77. The molecule has 210 valence electrons. The molecule has 3 aromatic carbocycles. The van der Waals surface area contributed by atoms with Crippen molar-refractivity contribution in [1.29, 1.82) is 0 Å². The van der Waals surface area contributed by atoms with Crippen LogP contribution in [0.5, 0.6) is 23.0 Å². The lowest BCUT2D eigenvalue weighted by molar-refractivity contribution is 0.0991. The molecule has 0 bridgehead atoms. The molecule has 0 aliphatic heterocycles. The molecule has 0 unspecified atom stereocenters. The molecule has 0 amide bonds. The SMILES string of the molecule is COc1cc2c(Oc3ccc(CC(=O)c4c(C)n(C)n(-c5ccccc5)c4=O)cc3)ccnc2cc1OC[C@@H](C)O. The van der Waals surface area contributed by atoms with Gasteiger partial charge in [-0.05, 0) is 55.8 Å². The number of rotatable bonds is 10. The average Bonchev–Trinajstić information content (AvgIpc) is 3.20. The highest BCUT2D eigenvalue weighted by Gasteiger charge is 2.22. The summed E-state index contributed by atoms with van der Waals surface area (Å²) in [4.78, 5) is 30.9. The van der Waals surface area contributed by atoms with Gasteiger partial charge in [-0.25, -0.2) is 4.68 Å². The zero-order valence-electron chi connectivity index (χ0n) is 23.3. The number of para-hydroxylation sites is 1. The van der Waals surface area contributed by atoms with Crippen molar-refractivity contribution in [2.75, 3.05) is 13.7 Å². The number of nitrogens with zero attached hydrogens (tertiary/aromatic N) is 3.